The molecule has 0 atom stereocenters. The monoisotopic (exact) mass is 1820 g/mol. The SMILES string of the molecule is CC.CC.CC.CC.c1ccc(N(c2ccccc2)c2ccc(N(c3ccccc3)c3ccccc3)cc2)cc1.c1ccc2c(c1)Cc1ccccc1N2c1ccc(N2c3ccccc3Cc3ccccc32)cc1.c1ccc2c(c1)Oc1ccccc1N2c1ccc(N2c3ccccc3Oc3ccccc32)cc1.c1ccc2c(c1)c1ccccc1n2-c1ccc(-n2c3ccccc3c3ccccc32)cc1. The van der Waals surface area contributed by atoms with Crippen LogP contribution in [0.15, 0.2) is 510 Å². The summed E-state index contributed by atoms with van der Waals surface area (Å²) in [4.78, 5) is 13.8. The average Bonchev–Trinajstić information content (AvgIpc) is 1.73. The van der Waals surface area contributed by atoms with Gasteiger partial charge in [0.25, 0.3) is 0 Å². The number of para-hydroxylation sites is 20. The molecule has 0 unspecified atom stereocenters. The summed E-state index contributed by atoms with van der Waals surface area (Å²) in [6, 6.07) is 179. The van der Waals surface area contributed by atoms with Crippen molar-refractivity contribution in [1.82, 2.24) is 9.13 Å². The summed E-state index contributed by atoms with van der Waals surface area (Å²) in [5.74, 6) is 3.39. The Labute approximate surface area is 822 Å². The Bertz CT molecular complexity index is 6860. The van der Waals surface area contributed by atoms with Crippen molar-refractivity contribution in [2.75, 3.05) is 29.4 Å². The number of anilines is 18. The highest BCUT2D eigenvalue weighted by Crippen LogP contribution is 2.55. The van der Waals surface area contributed by atoms with Crippen LogP contribution in [0.5, 0.6) is 23.0 Å². The Balaban J connectivity index is 0.000000116. The van der Waals surface area contributed by atoms with E-state index < -0.39 is 0 Å². The highest BCUT2D eigenvalue weighted by atomic mass is 16.5. The molecule has 140 heavy (non-hydrogen) atoms. The van der Waals surface area contributed by atoms with Gasteiger partial charge in [0.05, 0.1) is 44.8 Å². The summed E-state index contributed by atoms with van der Waals surface area (Å²) in [6.45, 7) is 16.0. The minimum Gasteiger partial charge on any atom is -0.453 e. The number of benzene rings is 20. The zero-order valence-corrected chi connectivity index (χ0v) is 80.3. The molecule has 20 aromatic carbocycles. The first-order valence-electron chi connectivity index (χ1n) is 49.0. The number of rotatable bonds is 12. The van der Waals surface area contributed by atoms with E-state index in [4.69, 9.17) is 9.47 Å². The molecule has 0 bridgehead atoms. The lowest BCUT2D eigenvalue weighted by Gasteiger charge is -2.35. The van der Waals surface area contributed by atoms with Crippen LogP contribution >= 0.6 is 0 Å². The summed E-state index contributed by atoms with van der Waals surface area (Å²) < 4.78 is 17.0. The third kappa shape index (κ3) is 18.3. The summed E-state index contributed by atoms with van der Waals surface area (Å²) in [6.07, 6.45) is 1.95. The molecule has 0 spiro atoms. The van der Waals surface area contributed by atoms with Crippen LogP contribution in [-0.2, 0) is 12.8 Å². The Kier molecular flexibility index (Phi) is 28.1. The average molecular weight is 1820 g/mol. The normalized spacial score (nSPS) is 11.7. The summed E-state index contributed by atoms with van der Waals surface area (Å²) in [5.41, 5.74) is 33.2. The molecule has 22 aromatic rings. The Morgan fingerprint density at radius 3 is 0.564 bits per heavy atom. The van der Waals surface area contributed by atoms with Crippen LogP contribution in [0, 0.1) is 0 Å². The van der Waals surface area contributed by atoms with E-state index >= 15 is 0 Å². The molecule has 4 aliphatic rings. The third-order valence-electron chi connectivity index (χ3n) is 25.2. The third-order valence-corrected chi connectivity index (χ3v) is 25.2. The molecule has 10 nitrogen and oxygen atoms in total. The van der Waals surface area contributed by atoms with Gasteiger partial charge in [0.1, 0.15) is 0 Å². The summed E-state index contributed by atoms with van der Waals surface area (Å²) in [7, 11) is 0. The van der Waals surface area contributed by atoms with Crippen molar-refractivity contribution in [2.45, 2.75) is 68.2 Å². The minimum atomic E-state index is 0.848. The van der Waals surface area contributed by atoms with Gasteiger partial charge in [-0.2, -0.15) is 0 Å². The standard InChI is InChI=1S/C32H24N2.C30H20N2O2.C30H20N2.C30H24N2.4C2H6/c1-5-13-29-23(9-1)21-24-10-2-6-14-30(24)33(29)27-17-19-28(20-18-27)34-31-15-7-3-11-25(31)22-26-12-4-8-16-32(26)34;1-5-13-27-23(9-1)31(24-10-2-6-14-28(24)33-27)21-17-19-22(20-18-21)32-25-11-3-7-15-29(25)34-30-16-8-4-12-26(30)32;1-5-13-27-23(9-1)24-10-2-6-14-28(24)31(27)21-17-19-22(20-18-21)32-29-15-7-3-11-25(29)26-12-4-8-16-30(26)32;1-5-13-25(14-6-1)31(26-15-7-2-8-16-26)29-21-23-30(24-22-29)32(27-17-9-3-10-18-27)28-19-11-4-12-20-28;4*1-2/h1-20H,21-22H2;1-20H;1-20H;1-24H;4*1-2H3. The van der Waals surface area contributed by atoms with E-state index in [1.807, 2.05) is 152 Å². The van der Waals surface area contributed by atoms with Crippen LogP contribution in [0.2, 0.25) is 0 Å². The van der Waals surface area contributed by atoms with Crippen molar-refractivity contribution >= 4 is 146 Å². The van der Waals surface area contributed by atoms with Crippen LogP contribution in [-0.4, -0.2) is 9.13 Å². The Morgan fingerprint density at radius 2 is 0.329 bits per heavy atom. The van der Waals surface area contributed by atoms with Crippen LogP contribution in [0.3, 0.4) is 0 Å². The second-order valence-corrected chi connectivity index (χ2v) is 33.1. The molecule has 0 saturated carbocycles. The molecule has 10 heteroatoms. The molecule has 4 aliphatic heterocycles. The van der Waals surface area contributed by atoms with Crippen molar-refractivity contribution in [3.05, 3.63) is 532 Å². The van der Waals surface area contributed by atoms with Gasteiger partial charge in [-0.05, 0) is 265 Å². The van der Waals surface area contributed by atoms with Gasteiger partial charge in [-0.15, -0.1) is 0 Å². The van der Waals surface area contributed by atoms with Crippen molar-refractivity contribution in [3.63, 3.8) is 0 Å². The van der Waals surface area contributed by atoms with Crippen LogP contribution in [0.1, 0.15) is 77.6 Å². The quantitative estimate of drug-likeness (QED) is 0.120. The van der Waals surface area contributed by atoms with Gasteiger partial charge in [-0.3, -0.25) is 0 Å². The first kappa shape index (κ1) is 91.5. The number of hydrogen-bond donors (Lipinski definition) is 0. The van der Waals surface area contributed by atoms with Gasteiger partial charge in [0, 0.05) is 125 Å². The van der Waals surface area contributed by atoms with E-state index in [1.54, 1.807) is 0 Å². The second kappa shape index (κ2) is 43.0. The fraction of sp³-hybridized carbons (Fsp3) is 0.0769. The molecule has 0 aliphatic carbocycles. The van der Waals surface area contributed by atoms with Gasteiger partial charge in [-0.25, -0.2) is 0 Å². The first-order valence-corrected chi connectivity index (χ1v) is 49.0. The lowest BCUT2D eigenvalue weighted by Crippen LogP contribution is -2.19. The zero-order valence-electron chi connectivity index (χ0n) is 80.3. The predicted octanol–water partition coefficient (Wildman–Crippen LogP) is 37.9. The minimum absolute atomic E-state index is 0.848. The largest absolute Gasteiger partial charge is 0.453 e. The van der Waals surface area contributed by atoms with Crippen molar-refractivity contribution < 1.29 is 9.47 Å². The van der Waals surface area contributed by atoms with E-state index in [-0.39, 0.29) is 0 Å². The summed E-state index contributed by atoms with van der Waals surface area (Å²) in [5, 5.41) is 5.15. The van der Waals surface area contributed by atoms with Crippen LogP contribution in [0.25, 0.3) is 55.0 Å². The van der Waals surface area contributed by atoms with Crippen molar-refractivity contribution in [2.24, 2.45) is 0 Å². The number of aromatic nitrogens is 2. The predicted molar refractivity (Wildman–Crippen MR) is 594 cm³/mol. The maximum Gasteiger partial charge on any atom is 0.151 e. The van der Waals surface area contributed by atoms with Gasteiger partial charge in [0.15, 0.2) is 23.0 Å². The smallest absolute Gasteiger partial charge is 0.151 e. The highest BCUT2D eigenvalue weighted by Gasteiger charge is 2.31. The van der Waals surface area contributed by atoms with Gasteiger partial charge in [-0.1, -0.05) is 322 Å². The fourth-order valence-corrected chi connectivity index (χ4v) is 19.3. The zero-order chi connectivity index (χ0) is 95.6. The van der Waals surface area contributed by atoms with E-state index in [0.717, 1.165) is 104 Å². The van der Waals surface area contributed by atoms with Crippen LogP contribution in [0.4, 0.5) is 102 Å². The number of hydrogen-bond acceptors (Lipinski definition) is 8. The second-order valence-electron chi connectivity index (χ2n) is 33.1. The molecule has 2 aromatic heterocycles. The molecule has 0 amide bonds. The van der Waals surface area contributed by atoms with E-state index in [2.05, 4.69) is 451 Å². The lowest BCUT2D eigenvalue weighted by molar-refractivity contribution is 0.476. The molecule has 0 N–H and O–H groups in total. The highest BCUT2D eigenvalue weighted by molar-refractivity contribution is 6.11. The fourth-order valence-electron chi connectivity index (χ4n) is 19.3. The van der Waals surface area contributed by atoms with Crippen molar-refractivity contribution in [3.8, 4) is 34.4 Å². The van der Waals surface area contributed by atoms with Gasteiger partial charge in [0.2, 0.25) is 0 Å². The molecule has 6 heterocycles. The maximum absolute atomic E-state index is 6.16. The van der Waals surface area contributed by atoms with Gasteiger partial charge < -0.3 is 48.0 Å². The molecular weight excluding hydrogens is 1710 g/mol. The van der Waals surface area contributed by atoms with E-state index in [0.29, 0.717) is 0 Å². The Morgan fingerprint density at radius 1 is 0.157 bits per heavy atom. The first-order chi connectivity index (χ1) is 69.5. The van der Waals surface area contributed by atoms with Gasteiger partial charge >= 0.3 is 0 Å². The lowest BCUT2D eigenvalue weighted by atomic mass is 9.94. The van der Waals surface area contributed by atoms with Crippen LogP contribution < -0.4 is 38.9 Å². The van der Waals surface area contributed by atoms with Crippen molar-refractivity contribution in [1.29, 1.82) is 0 Å². The molecule has 0 saturated heterocycles. The number of nitrogens with zero attached hydrogens (tertiary/aromatic N) is 8. The topological polar surface area (TPSA) is 47.8 Å². The Hall–Kier alpha value is -17.6. The number of ether oxygens (including phenoxy) is 2. The number of fused-ring (bicyclic) bond motifs is 14. The summed E-state index contributed by atoms with van der Waals surface area (Å²) >= 11 is 0. The molecule has 26 rings (SSSR count). The van der Waals surface area contributed by atoms with E-state index in [9.17, 15) is 0 Å². The molecular formula is C130H112N8O2. The molecule has 684 valence electrons. The maximum atomic E-state index is 6.16. The molecule has 0 fully saturated rings. The van der Waals surface area contributed by atoms with E-state index in [1.165, 1.54) is 111 Å². The molecule has 0 radical (unpaired) electrons.